The second-order valence-corrected chi connectivity index (χ2v) is 6.97. The highest BCUT2D eigenvalue weighted by Crippen LogP contribution is 2.42. The van der Waals surface area contributed by atoms with Gasteiger partial charge in [-0.3, -0.25) is 9.78 Å². The molecule has 25 heavy (non-hydrogen) atoms. The van der Waals surface area contributed by atoms with E-state index >= 15 is 0 Å². The van der Waals surface area contributed by atoms with Crippen molar-refractivity contribution in [1.29, 1.82) is 0 Å². The van der Waals surface area contributed by atoms with Gasteiger partial charge < -0.3 is 10.4 Å². The molecule has 0 spiro atoms. The normalized spacial score (nSPS) is 17.3. The first-order valence-electron chi connectivity index (χ1n) is 8.45. The lowest BCUT2D eigenvalue weighted by Crippen LogP contribution is -2.06. The Balaban J connectivity index is 1.96. The molecule has 0 radical (unpaired) electrons. The number of thioether (sulfide) groups is 1. The van der Waals surface area contributed by atoms with E-state index in [1.165, 1.54) is 22.3 Å². The number of allylic oxidation sites excluding steroid dienone is 1. The van der Waals surface area contributed by atoms with Crippen LogP contribution in [0.25, 0.3) is 5.57 Å². The summed E-state index contributed by atoms with van der Waals surface area (Å²) in [6.45, 7) is 0. The molecule has 1 aliphatic rings. The molecular formula is C20H22N2O2S. The van der Waals surface area contributed by atoms with Crippen LogP contribution < -0.4 is 5.32 Å². The van der Waals surface area contributed by atoms with Gasteiger partial charge in [0, 0.05) is 35.6 Å². The Labute approximate surface area is 152 Å². The van der Waals surface area contributed by atoms with E-state index in [-0.39, 0.29) is 11.8 Å². The molecule has 3 rings (SSSR count). The van der Waals surface area contributed by atoms with Crippen molar-refractivity contribution in [1.82, 2.24) is 4.98 Å². The van der Waals surface area contributed by atoms with E-state index in [1.54, 1.807) is 11.8 Å². The molecule has 2 heterocycles. The smallest absolute Gasteiger partial charge is 0.303 e. The number of rotatable bonds is 6. The highest BCUT2D eigenvalue weighted by molar-refractivity contribution is 7.98. The molecule has 4 nitrogen and oxygen atoms in total. The lowest BCUT2D eigenvalue weighted by Gasteiger charge is -2.17. The zero-order chi connectivity index (χ0) is 17.6. The first-order valence-corrected chi connectivity index (χ1v) is 9.74. The molecule has 130 valence electrons. The maximum Gasteiger partial charge on any atom is 0.303 e. The number of anilines is 1. The van der Waals surface area contributed by atoms with Crippen molar-refractivity contribution < 1.29 is 9.90 Å². The fourth-order valence-corrected chi connectivity index (χ4v) is 3.83. The van der Waals surface area contributed by atoms with Crippen LogP contribution in [0, 0.1) is 0 Å². The molecule has 0 saturated heterocycles. The number of fused-ring (bicyclic) bond motifs is 2. The van der Waals surface area contributed by atoms with Gasteiger partial charge in [0.05, 0.1) is 5.37 Å². The van der Waals surface area contributed by atoms with Crippen molar-refractivity contribution in [2.24, 2.45) is 0 Å². The Morgan fingerprint density at radius 3 is 2.92 bits per heavy atom. The Kier molecular flexibility index (Phi) is 5.76. The van der Waals surface area contributed by atoms with Gasteiger partial charge in [0.2, 0.25) is 0 Å². The molecule has 0 fully saturated rings. The summed E-state index contributed by atoms with van der Waals surface area (Å²) in [5, 5.41) is 12.6. The SMILES string of the molecule is CSC1Nc2ccccc2C(=CCCCCC(=O)O)c2ccncc21. The second-order valence-electron chi connectivity index (χ2n) is 6.03. The van der Waals surface area contributed by atoms with Crippen molar-refractivity contribution >= 4 is 29.0 Å². The molecule has 2 N–H and O–H groups in total. The van der Waals surface area contributed by atoms with E-state index in [0.29, 0.717) is 6.42 Å². The lowest BCUT2D eigenvalue weighted by molar-refractivity contribution is -0.137. The largest absolute Gasteiger partial charge is 0.481 e. The first kappa shape index (κ1) is 17.5. The van der Waals surface area contributed by atoms with Gasteiger partial charge in [0.25, 0.3) is 0 Å². The van der Waals surface area contributed by atoms with Crippen LogP contribution in [-0.2, 0) is 4.79 Å². The summed E-state index contributed by atoms with van der Waals surface area (Å²) in [6, 6.07) is 10.4. The number of hydrogen-bond donors (Lipinski definition) is 2. The number of benzene rings is 1. The number of para-hydroxylation sites is 1. The highest BCUT2D eigenvalue weighted by atomic mass is 32.2. The number of aliphatic carboxylic acids is 1. The van der Waals surface area contributed by atoms with Crippen LogP contribution in [0.4, 0.5) is 5.69 Å². The predicted molar refractivity (Wildman–Crippen MR) is 104 cm³/mol. The van der Waals surface area contributed by atoms with E-state index in [9.17, 15) is 4.79 Å². The number of nitrogens with one attached hydrogen (secondary N) is 1. The van der Waals surface area contributed by atoms with Crippen LogP contribution >= 0.6 is 11.8 Å². The Hall–Kier alpha value is -2.27. The Morgan fingerprint density at radius 1 is 1.28 bits per heavy atom. The number of carboxylic acids is 1. The third-order valence-electron chi connectivity index (χ3n) is 4.36. The van der Waals surface area contributed by atoms with Crippen molar-refractivity contribution in [3.8, 4) is 0 Å². The minimum Gasteiger partial charge on any atom is -0.481 e. The van der Waals surface area contributed by atoms with Gasteiger partial charge in [-0.1, -0.05) is 24.3 Å². The van der Waals surface area contributed by atoms with Crippen molar-refractivity contribution in [2.75, 3.05) is 11.6 Å². The molecule has 1 aromatic heterocycles. The molecule has 0 amide bonds. The van der Waals surface area contributed by atoms with Crippen LogP contribution in [0.1, 0.15) is 47.7 Å². The number of aromatic nitrogens is 1. The quantitative estimate of drug-likeness (QED) is 0.719. The minimum absolute atomic E-state index is 0.155. The Morgan fingerprint density at radius 2 is 2.12 bits per heavy atom. The average molecular weight is 354 g/mol. The van der Waals surface area contributed by atoms with Crippen LogP contribution in [0.3, 0.4) is 0 Å². The van der Waals surface area contributed by atoms with Crippen LogP contribution in [0.15, 0.2) is 48.8 Å². The fourth-order valence-electron chi connectivity index (χ4n) is 3.14. The zero-order valence-corrected chi connectivity index (χ0v) is 15.1. The summed E-state index contributed by atoms with van der Waals surface area (Å²) in [5.41, 5.74) is 5.89. The standard InChI is InChI=1S/C20H22N2O2S/c1-25-20-17-13-21-12-11-15(17)14(7-3-2-4-10-19(23)24)16-8-5-6-9-18(16)22-20/h5-9,11-13,20,22H,2-4,10H2,1H3,(H,23,24). The number of carboxylic acid groups (broad SMARTS) is 1. The summed E-state index contributed by atoms with van der Waals surface area (Å²) < 4.78 is 0. The zero-order valence-electron chi connectivity index (χ0n) is 14.2. The first-order chi connectivity index (χ1) is 12.2. The molecule has 0 saturated carbocycles. The molecule has 1 aromatic carbocycles. The van der Waals surface area contributed by atoms with Gasteiger partial charge in [-0.05, 0) is 48.8 Å². The second kappa shape index (κ2) is 8.21. The van der Waals surface area contributed by atoms with Crippen molar-refractivity contribution in [2.45, 2.75) is 31.1 Å². The van der Waals surface area contributed by atoms with Gasteiger partial charge in [-0.2, -0.15) is 0 Å². The molecule has 1 aliphatic heterocycles. The minimum atomic E-state index is -0.726. The third kappa shape index (κ3) is 4.04. The molecule has 0 aliphatic carbocycles. The molecule has 1 atom stereocenters. The fraction of sp³-hybridized carbons (Fsp3) is 0.300. The van der Waals surface area contributed by atoms with Gasteiger partial charge >= 0.3 is 5.97 Å². The Bertz CT molecular complexity index is 789. The van der Waals surface area contributed by atoms with Crippen LogP contribution in [0.2, 0.25) is 0 Å². The summed E-state index contributed by atoms with van der Waals surface area (Å²) in [7, 11) is 0. The van der Waals surface area contributed by atoms with Gasteiger partial charge in [0.15, 0.2) is 0 Å². The van der Waals surface area contributed by atoms with E-state index in [4.69, 9.17) is 5.11 Å². The van der Waals surface area contributed by atoms with E-state index < -0.39 is 5.97 Å². The number of nitrogens with zero attached hydrogens (tertiary/aromatic N) is 1. The predicted octanol–water partition coefficient (Wildman–Crippen LogP) is 4.95. The van der Waals surface area contributed by atoms with Gasteiger partial charge in [-0.25, -0.2) is 0 Å². The monoisotopic (exact) mass is 354 g/mol. The number of pyridine rings is 1. The third-order valence-corrected chi connectivity index (χ3v) is 5.20. The van der Waals surface area contributed by atoms with Gasteiger partial charge in [-0.15, -0.1) is 11.8 Å². The summed E-state index contributed by atoms with van der Waals surface area (Å²) >= 11 is 1.76. The number of unbranched alkanes of at least 4 members (excludes halogenated alkanes) is 2. The maximum atomic E-state index is 10.7. The summed E-state index contributed by atoms with van der Waals surface area (Å²) in [5.74, 6) is -0.726. The lowest BCUT2D eigenvalue weighted by atomic mass is 9.94. The van der Waals surface area contributed by atoms with Crippen molar-refractivity contribution in [3.05, 3.63) is 65.5 Å². The highest BCUT2D eigenvalue weighted by Gasteiger charge is 2.23. The van der Waals surface area contributed by atoms with E-state index in [0.717, 1.165) is 18.5 Å². The molecule has 2 aromatic rings. The van der Waals surface area contributed by atoms with Gasteiger partial charge in [0.1, 0.15) is 0 Å². The molecule has 5 heteroatoms. The average Bonchev–Trinajstić information content (AvgIpc) is 2.76. The molecule has 1 unspecified atom stereocenters. The van der Waals surface area contributed by atoms with Crippen LogP contribution in [-0.4, -0.2) is 22.3 Å². The van der Waals surface area contributed by atoms with Crippen LogP contribution in [0.5, 0.6) is 0 Å². The maximum absolute atomic E-state index is 10.7. The van der Waals surface area contributed by atoms with E-state index in [1.807, 2.05) is 18.5 Å². The summed E-state index contributed by atoms with van der Waals surface area (Å²) in [4.78, 5) is 15.0. The molecular weight excluding hydrogens is 332 g/mol. The van der Waals surface area contributed by atoms with E-state index in [2.05, 4.69) is 46.9 Å². The van der Waals surface area contributed by atoms with Crippen molar-refractivity contribution in [3.63, 3.8) is 0 Å². The number of carbonyl (C=O) groups is 1. The molecule has 0 bridgehead atoms. The summed E-state index contributed by atoms with van der Waals surface area (Å²) in [6.07, 6.45) is 10.8. The topological polar surface area (TPSA) is 62.2 Å². The number of hydrogen-bond acceptors (Lipinski definition) is 4.